The van der Waals surface area contributed by atoms with E-state index in [1.54, 1.807) is 35.1 Å². The highest BCUT2D eigenvalue weighted by molar-refractivity contribution is 6.20. The average Bonchev–Trinajstić information content (AvgIpc) is 3.46. The average molecular weight is 444 g/mol. The number of hydroxylamine groups is 2. The second-order valence-corrected chi connectivity index (χ2v) is 8.56. The Morgan fingerprint density at radius 2 is 1.64 bits per heavy atom. The molecule has 2 amide bonds. The summed E-state index contributed by atoms with van der Waals surface area (Å²) in [6.07, 6.45) is 1.79. The number of benzene rings is 2. The zero-order valence-corrected chi connectivity index (χ0v) is 18.5. The Morgan fingerprint density at radius 3 is 2.24 bits per heavy atom. The third-order valence-corrected chi connectivity index (χ3v) is 6.56. The van der Waals surface area contributed by atoms with Crippen LogP contribution in [0.15, 0.2) is 60.8 Å². The number of likely N-dealkylation sites (tertiary alicyclic amines) is 1. The lowest BCUT2D eigenvalue weighted by molar-refractivity contribution is -0.173. The van der Waals surface area contributed by atoms with Gasteiger partial charge in [-0.2, -0.15) is 5.10 Å². The molecule has 2 aromatic carbocycles. The maximum absolute atomic E-state index is 13.3. The number of aryl methyl sites for hydroxylation is 1. The lowest BCUT2D eigenvalue weighted by atomic mass is 9.89. The summed E-state index contributed by atoms with van der Waals surface area (Å²) in [7, 11) is 1.86. The van der Waals surface area contributed by atoms with Gasteiger partial charge < -0.3 is 4.84 Å². The van der Waals surface area contributed by atoms with Gasteiger partial charge >= 0.3 is 5.97 Å². The molecule has 0 saturated carbocycles. The Labute approximate surface area is 191 Å². The Morgan fingerprint density at radius 1 is 1.00 bits per heavy atom. The second-order valence-electron chi connectivity index (χ2n) is 8.56. The van der Waals surface area contributed by atoms with Gasteiger partial charge in [0.1, 0.15) is 0 Å². The number of rotatable bonds is 5. The monoisotopic (exact) mass is 444 g/mol. The van der Waals surface area contributed by atoms with E-state index in [9.17, 15) is 14.4 Å². The third-order valence-electron chi connectivity index (χ3n) is 6.56. The number of carbonyl (C=O) groups excluding carboxylic acids is 3. The van der Waals surface area contributed by atoms with Gasteiger partial charge in [-0.05, 0) is 30.2 Å². The number of hydrogen-bond acceptors (Lipinski definition) is 6. The fraction of sp³-hybridized carbons (Fsp3) is 0.280. The summed E-state index contributed by atoms with van der Waals surface area (Å²) < 4.78 is 1.78. The maximum Gasteiger partial charge on any atom is 0.338 e. The Balaban J connectivity index is 1.39. The predicted octanol–water partition coefficient (Wildman–Crippen LogP) is 2.70. The fourth-order valence-electron chi connectivity index (χ4n) is 4.70. The van der Waals surface area contributed by atoms with Crippen LogP contribution >= 0.6 is 0 Å². The number of hydrogen-bond donors (Lipinski definition) is 0. The van der Waals surface area contributed by atoms with Crippen molar-refractivity contribution in [2.24, 2.45) is 13.0 Å². The van der Waals surface area contributed by atoms with Crippen LogP contribution in [0.3, 0.4) is 0 Å². The molecular weight excluding hydrogens is 420 g/mol. The van der Waals surface area contributed by atoms with Crippen LogP contribution in [0, 0.1) is 12.8 Å². The van der Waals surface area contributed by atoms with Crippen molar-refractivity contribution < 1.29 is 19.2 Å². The first kappa shape index (κ1) is 21.1. The van der Waals surface area contributed by atoms with E-state index in [1.807, 2.05) is 32.2 Å². The molecule has 33 heavy (non-hydrogen) atoms. The summed E-state index contributed by atoms with van der Waals surface area (Å²) in [6, 6.07) is 16.5. The van der Waals surface area contributed by atoms with Crippen LogP contribution in [0.1, 0.15) is 43.5 Å². The van der Waals surface area contributed by atoms with Crippen LogP contribution in [0.5, 0.6) is 0 Å². The van der Waals surface area contributed by atoms with Crippen molar-refractivity contribution in [3.63, 3.8) is 0 Å². The maximum atomic E-state index is 13.3. The molecule has 0 spiro atoms. The van der Waals surface area contributed by atoms with Crippen molar-refractivity contribution in [1.82, 2.24) is 19.7 Å². The zero-order chi connectivity index (χ0) is 23.1. The van der Waals surface area contributed by atoms with E-state index in [0.29, 0.717) is 24.7 Å². The standard InChI is InChI=1S/C25H24N4O4/c1-16-20(12-26-27(16)2)21-14-28(13-17-8-4-3-5-9-17)15-22(21)25(32)33-29-23(30)18-10-6-7-11-19(18)24(29)31/h3-12,21-22H,13-15H2,1-2H3/t21-,22+/m0/s1. The van der Waals surface area contributed by atoms with Gasteiger partial charge in [-0.1, -0.05) is 47.5 Å². The van der Waals surface area contributed by atoms with Gasteiger partial charge in [0, 0.05) is 38.3 Å². The van der Waals surface area contributed by atoms with Gasteiger partial charge in [-0.3, -0.25) is 19.2 Å². The highest BCUT2D eigenvalue weighted by Crippen LogP contribution is 2.36. The van der Waals surface area contributed by atoms with Crippen molar-refractivity contribution in [3.8, 4) is 0 Å². The van der Waals surface area contributed by atoms with Crippen LogP contribution < -0.4 is 0 Å². The van der Waals surface area contributed by atoms with Crippen molar-refractivity contribution in [2.75, 3.05) is 13.1 Å². The van der Waals surface area contributed by atoms with Crippen LogP contribution in [0.2, 0.25) is 0 Å². The lowest BCUT2D eigenvalue weighted by Gasteiger charge is -2.20. The Bertz CT molecular complexity index is 1200. The number of fused-ring (bicyclic) bond motifs is 1. The molecule has 8 heteroatoms. The quantitative estimate of drug-likeness (QED) is 0.563. The van der Waals surface area contributed by atoms with E-state index in [2.05, 4.69) is 22.1 Å². The number of nitrogens with zero attached hydrogens (tertiary/aromatic N) is 4. The third kappa shape index (κ3) is 3.72. The SMILES string of the molecule is Cc1c([C@@H]2CN(Cc3ccccc3)C[C@H]2C(=O)ON2C(=O)c3ccccc3C2=O)cnn1C. The summed E-state index contributed by atoms with van der Waals surface area (Å²) in [5.74, 6) is -2.52. The summed E-state index contributed by atoms with van der Waals surface area (Å²) >= 11 is 0. The normalized spacial score (nSPS) is 20.4. The molecule has 3 aromatic rings. The molecule has 0 unspecified atom stereocenters. The van der Waals surface area contributed by atoms with E-state index in [-0.39, 0.29) is 17.0 Å². The molecule has 1 fully saturated rings. The molecule has 0 N–H and O–H groups in total. The molecule has 168 valence electrons. The van der Waals surface area contributed by atoms with E-state index in [0.717, 1.165) is 16.8 Å². The molecule has 1 saturated heterocycles. The molecular formula is C25H24N4O4. The predicted molar refractivity (Wildman–Crippen MR) is 119 cm³/mol. The van der Waals surface area contributed by atoms with E-state index < -0.39 is 23.7 Å². The second kappa shape index (κ2) is 8.29. The van der Waals surface area contributed by atoms with Crippen LogP contribution in [-0.2, 0) is 23.2 Å². The van der Waals surface area contributed by atoms with Gasteiger partial charge in [0.15, 0.2) is 0 Å². The van der Waals surface area contributed by atoms with Crippen molar-refractivity contribution in [3.05, 3.63) is 88.7 Å². The number of aromatic nitrogens is 2. The topological polar surface area (TPSA) is 84.7 Å². The van der Waals surface area contributed by atoms with Crippen molar-refractivity contribution >= 4 is 17.8 Å². The van der Waals surface area contributed by atoms with Crippen molar-refractivity contribution in [1.29, 1.82) is 0 Å². The van der Waals surface area contributed by atoms with E-state index in [4.69, 9.17) is 4.84 Å². The molecule has 8 nitrogen and oxygen atoms in total. The Kier molecular flexibility index (Phi) is 5.30. The number of amides is 2. The highest BCUT2D eigenvalue weighted by atomic mass is 16.7. The molecule has 0 radical (unpaired) electrons. The summed E-state index contributed by atoms with van der Waals surface area (Å²) in [5, 5.41) is 4.94. The molecule has 5 rings (SSSR count). The zero-order valence-electron chi connectivity index (χ0n) is 18.5. The first-order chi connectivity index (χ1) is 15.9. The molecule has 2 atom stereocenters. The summed E-state index contributed by atoms with van der Waals surface area (Å²) in [6.45, 7) is 3.75. The van der Waals surface area contributed by atoms with Gasteiger partial charge in [0.2, 0.25) is 0 Å². The van der Waals surface area contributed by atoms with Crippen LogP contribution in [0.4, 0.5) is 0 Å². The van der Waals surface area contributed by atoms with Gasteiger partial charge in [-0.25, -0.2) is 4.79 Å². The number of imide groups is 1. The van der Waals surface area contributed by atoms with Gasteiger partial charge in [0.05, 0.1) is 23.2 Å². The minimum atomic E-state index is -0.614. The highest BCUT2D eigenvalue weighted by Gasteiger charge is 2.45. The Hall–Kier alpha value is -3.78. The largest absolute Gasteiger partial charge is 0.338 e. The van der Waals surface area contributed by atoms with Gasteiger partial charge in [-0.15, -0.1) is 0 Å². The summed E-state index contributed by atoms with van der Waals surface area (Å²) in [4.78, 5) is 46.3. The minimum absolute atomic E-state index is 0.162. The van der Waals surface area contributed by atoms with Gasteiger partial charge in [0.25, 0.3) is 11.8 Å². The first-order valence-electron chi connectivity index (χ1n) is 10.9. The summed E-state index contributed by atoms with van der Waals surface area (Å²) in [5.41, 5.74) is 3.57. The molecule has 1 aromatic heterocycles. The molecule has 0 aliphatic carbocycles. The molecule has 2 aliphatic heterocycles. The van der Waals surface area contributed by atoms with E-state index >= 15 is 0 Å². The molecule has 3 heterocycles. The van der Waals surface area contributed by atoms with Crippen LogP contribution in [0.25, 0.3) is 0 Å². The fourth-order valence-corrected chi connectivity index (χ4v) is 4.70. The lowest BCUT2D eigenvalue weighted by Crippen LogP contribution is -2.37. The first-order valence-corrected chi connectivity index (χ1v) is 10.9. The minimum Gasteiger partial charge on any atom is -0.329 e. The van der Waals surface area contributed by atoms with Crippen molar-refractivity contribution in [2.45, 2.75) is 19.4 Å². The molecule has 0 bridgehead atoms. The smallest absolute Gasteiger partial charge is 0.329 e. The van der Waals surface area contributed by atoms with Crippen LogP contribution in [-0.4, -0.2) is 50.6 Å². The van der Waals surface area contributed by atoms with E-state index in [1.165, 1.54) is 0 Å². The molecule has 2 aliphatic rings. The number of carbonyl (C=O) groups is 3.